The fourth-order valence-electron chi connectivity index (χ4n) is 1.73. The lowest BCUT2D eigenvalue weighted by molar-refractivity contribution is 0.0669. The summed E-state index contributed by atoms with van der Waals surface area (Å²) in [6.07, 6.45) is 0.295. The molecule has 0 aliphatic heterocycles. The SMILES string of the molecule is Cc1ccc(Br)cc1CCN(C)CC(O)CO. The van der Waals surface area contributed by atoms with Crippen LogP contribution in [0.15, 0.2) is 22.7 Å². The maximum absolute atomic E-state index is 9.33. The Hall–Kier alpha value is -0.420. The zero-order valence-corrected chi connectivity index (χ0v) is 11.9. The van der Waals surface area contributed by atoms with Crippen LogP contribution in [0.5, 0.6) is 0 Å². The van der Waals surface area contributed by atoms with Crippen LogP contribution in [0.1, 0.15) is 11.1 Å². The van der Waals surface area contributed by atoms with Gasteiger partial charge in [0.05, 0.1) is 12.7 Å². The number of likely N-dealkylation sites (N-methyl/N-ethyl adjacent to an activating group) is 1. The van der Waals surface area contributed by atoms with Gasteiger partial charge in [-0.1, -0.05) is 22.0 Å². The molecule has 0 fully saturated rings. The van der Waals surface area contributed by atoms with E-state index in [1.807, 2.05) is 18.0 Å². The van der Waals surface area contributed by atoms with E-state index in [1.54, 1.807) is 0 Å². The van der Waals surface area contributed by atoms with Crippen LogP contribution in [0.3, 0.4) is 0 Å². The quantitative estimate of drug-likeness (QED) is 0.838. The Morgan fingerprint density at radius 1 is 1.41 bits per heavy atom. The zero-order chi connectivity index (χ0) is 12.8. The minimum absolute atomic E-state index is 0.180. The molecule has 0 heterocycles. The summed E-state index contributed by atoms with van der Waals surface area (Å²) >= 11 is 3.47. The van der Waals surface area contributed by atoms with Crippen molar-refractivity contribution in [1.82, 2.24) is 4.90 Å². The molecule has 1 aromatic carbocycles. The van der Waals surface area contributed by atoms with E-state index in [0.29, 0.717) is 6.54 Å². The maximum atomic E-state index is 9.33. The van der Waals surface area contributed by atoms with Gasteiger partial charge in [0, 0.05) is 17.6 Å². The van der Waals surface area contributed by atoms with Gasteiger partial charge in [0.2, 0.25) is 0 Å². The number of hydrogen-bond donors (Lipinski definition) is 2. The predicted molar refractivity (Wildman–Crippen MR) is 73.2 cm³/mol. The number of rotatable bonds is 6. The van der Waals surface area contributed by atoms with Gasteiger partial charge in [0.1, 0.15) is 0 Å². The lowest BCUT2D eigenvalue weighted by atomic mass is 10.1. The molecule has 2 N–H and O–H groups in total. The van der Waals surface area contributed by atoms with Crippen LogP contribution >= 0.6 is 15.9 Å². The Morgan fingerprint density at radius 3 is 2.76 bits per heavy atom. The fraction of sp³-hybridized carbons (Fsp3) is 0.538. The first-order valence-corrected chi connectivity index (χ1v) is 6.54. The van der Waals surface area contributed by atoms with Crippen LogP contribution in [0.25, 0.3) is 0 Å². The molecule has 0 aromatic heterocycles. The highest BCUT2D eigenvalue weighted by Gasteiger charge is 2.07. The molecule has 4 heteroatoms. The Kier molecular flexibility index (Phi) is 6.12. The summed E-state index contributed by atoms with van der Waals surface area (Å²) in [4.78, 5) is 2.03. The molecular formula is C13H20BrNO2. The molecule has 0 radical (unpaired) electrons. The molecule has 3 nitrogen and oxygen atoms in total. The number of hydrogen-bond acceptors (Lipinski definition) is 3. The van der Waals surface area contributed by atoms with Crippen LogP contribution in [0.4, 0.5) is 0 Å². The molecule has 17 heavy (non-hydrogen) atoms. The summed E-state index contributed by atoms with van der Waals surface area (Å²) in [5, 5.41) is 18.1. The highest BCUT2D eigenvalue weighted by molar-refractivity contribution is 9.10. The van der Waals surface area contributed by atoms with Crippen molar-refractivity contribution >= 4 is 15.9 Å². The smallest absolute Gasteiger partial charge is 0.0897 e. The van der Waals surface area contributed by atoms with Crippen LogP contribution < -0.4 is 0 Å². The summed E-state index contributed by atoms with van der Waals surface area (Å²) < 4.78 is 1.09. The van der Waals surface area contributed by atoms with Crippen molar-refractivity contribution in [2.45, 2.75) is 19.4 Å². The number of benzene rings is 1. The summed E-state index contributed by atoms with van der Waals surface area (Å²) in [6.45, 7) is 3.29. The monoisotopic (exact) mass is 301 g/mol. The highest BCUT2D eigenvalue weighted by atomic mass is 79.9. The van der Waals surface area contributed by atoms with E-state index in [1.165, 1.54) is 11.1 Å². The van der Waals surface area contributed by atoms with Gasteiger partial charge in [-0.3, -0.25) is 0 Å². The van der Waals surface area contributed by atoms with Crippen molar-refractivity contribution in [2.75, 3.05) is 26.7 Å². The maximum Gasteiger partial charge on any atom is 0.0897 e. The van der Waals surface area contributed by atoms with Crippen LogP contribution in [-0.4, -0.2) is 48.0 Å². The van der Waals surface area contributed by atoms with E-state index in [0.717, 1.165) is 17.4 Å². The van der Waals surface area contributed by atoms with Gasteiger partial charge in [-0.2, -0.15) is 0 Å². The van der Waals surface area contributed by atoms with Gasteiger partial charge >= 0.3 is 0 Å². The molecule has 1 aromatic rings. The molecule has 1 rings (SSSR count). The molecule has 0 spiro atoms. The molecule has 1 unspecified atom stereocenters. The van der Waals surface area contributed by atoms with Gasteiger partial charge < -0.3 is 15.1 Å². The van der Waals surface area contributed by atoms with E-state index in [-0.39, 0.29) is 6.61 Å². The Balaban J connectivity index is 2.47. The first-order chi connectivity index (χ1) is 8.02. The number of aliphatic hydroxyl groups is 2. The lowest BCUT2D eigenvalue weighted by Gasteiger charge is -2.19. The van der Waals surface area contributed by atoms with Crippen molar-refractivity contribution in [3.05, 3.63) is 33.8 Å². The second kappa shape index (κ2) is 7.11. The largest absolute Gasteiger partial charge is 0.394 e. The number of nitrogens with zero attached hydrogens (tertiary/aromatic N) is 1. The van der Waals surface area contributed by atoms with Crippen molar-refractivity contribution < 1.29 is 10.2 Å². The average Bonchev–Trinajstić information content (AvgIpc) is 2.30. The van der Waals surface area contributed by atoms with Gasteiger partial charge in [0.15, 0.2) is 0 Å². The van der Waals surface area contributed by atoms with E-state index in [2.05, 4.69) is 35.0 Å². The average molecular weight is 302 g/mol. The molecule has 0 bridgehead atoms. The third-order valence-electron chi connectivity index (χ3n) is 2.81. The molecule has 1 atom stereocenters. The number of aryl methyl sites for hydroxylation is 1. The first kappa shape index (κ1) is 14.6. The second-order valence-corrected chi connectivity index (χ2v) is 5.34. The summed E-state index contributed by atoms with van der Waals surface area (Å²) in [5.41, 5.74) is 2.59. The lowest BCUT2D eigenvalue weighted by Crippen LogP contribution is -2.32. The van der Waals surface area contributed by atoms with Crippen molar-refractivity contribution in [3.8, 4) is 0 Å². The number of aliphatic hydroxyl groups excluding tert-OH is 2. The van der Waals surface area contributed by atoms with Crippen molar-refractivity contribution in [3.63, 3.8) is 0 Å². The minimum atomic E-state index is -0.649. The molecule has 0 amide bonds. The molecule has 0 saturated carbocycles. The normalized spacial score (nSPS) is 13.1. The third-order valence-corrected chi connectivity index (χ3v) is 3.30. The fourth-order valence-corrected chi connectivity index (χ4v) is 2.14. The Morgan fingerprint density at radius 2 is 2.12 bits per heavy atom. The van der Waals surface area contributed by atoms with E-state index in [9.17, 15) is 5.11 Å². The van der Waals surface area contributed by atoms with Crippen molar-refractivity contribution in [1.29, 1.82) is 0 Å². The Bertz CT molecular complexity index is 357. The predicted octanol–water partition coefficient (Wildman–Crippen LogP) is 1.59. The van der Waals surface area contributed by atoms with E-state index >= 15 is 0 Å². The topological polar surface area (TPSA) is 43.7 Å². The number of halogens is 1. The van der Waals surface area contributed by atoms with Crippen LogP contribution in [-0.2, 0) is 6.42 Å². The summed E-state index contributed by atoms with van der Waals surface area (Å²) in [7, 11) is 1.95. The van der Waals surface area contributed by atoms with Crippen molar-refractivity contribution in [2.24, 2.45) is 0 Å². The molecule has 0 aliphatic carbocycles. The minimum Gasteiger partial charge on any atom is -0.394 e. The molecule has 0 saturated heterocycles. The van der Waals surface area contributed by atoms with Gasteiger partial charge in [0.25, 0.3) is 0 Å². The standard InChI is InChI=1S/C13H20BrNO2/c1-10-3-4-12(14)7-11(10)5-6-15(2)8-13(17)9-16/h3-4,7,13,16-17H,5-6,8-9H2,1-2H3. The van der Waals surface area contributed by atoms with Crippen LogP contribution in [0, 0.1) is 6.92 Å². The van der Waals surface area contributed by atoms with E-state index in [4.69, 9.17) is 5.11 Å². The molecular weight excluding hydrogens is 282 g/mol. The summed E-state index contributed by atoms with van der Waals surface area (Å²) in [6, 6.07) is 6.27. The molecule has 0 aliphatic rings. The summed E-state index contributed by atoms with van der Waals surface area (Å²) in [5.74, 6) is 0. The zero-order valence-electron chi connectivity index (χ0n) is 10.4. The van der Waals surface area contributed by atoms with Crippen LogP contribution in [0.2, 0.25) is 0 Å². The van der Waals surface area contributed by atoms with E-state index < -0.39 is 6.10 Å². The Labute approximate surface area is 111 Å². The molecule has 96 valence electrons. The second-order valence-electron chi connectivity index (χ2n) is 4.42. The van der Waals surface area contributed by atoms with Gasteiger partial charge in [-0.25, -0.2) is 0 Å². The van der Waals surface area contributed by atoms with Gasteiger partial charge in [-0.05, 0) is 43.7 Å². The van der Waals surface area contributed by atoms with Gasteiger partial charge in [-0.15, -0.1) is 0 Å². The first-order valence-electron chi connectivity index (χ1n) is 5.75. The highest BCUT2D eigenvalue weighted by Crippen LogP contribution is 2.16. The third kappa shape index (κ3) is 5.17.